The van der Waals surface area contributed by atoms with E-state index in [2.05, 4.69) is 10.1 Å². The molecule has 1 aromatic carbocycles. The Bertz CT molecular complexity index is 640. The maximum Gasteiger partial charge on any atom is 0.331 e. The van der Waals surface area contributed by atoms with Crippen LogP contribution >= 0.6 is 0 Å². The van der Waals surface area contributed by atoms with Crippen LogP contribution in [0, 0.1) is 0 Å². The van der Waals surface area contributed by atoms with Gasteiger partial charge in [-0.15, -0.1) is 0 Å². The van der Waals surface area contributed by atoms with Gasteiger partial charge in [0.15, 0.2) is 18.1 Å². The Labute approximate surface area is 145 Å². The Morgan fingerprint density at radius 3 is 2.24 bits per heavy atom. The van der Waals surface area contributed by atoms with E-state index >= 15 is 0 Å². The molecule has 0 aromatic heterocycles. The lowest BCUT2D eigenvalue weighted by Gasteiger charge is -2.10. The summed E-state index contributed by atoms with van der Waals surface area (Å²) in [6.07, 6.45) is 1.84. The molecular formula is C17H21NO7. The van der Waals surface area contributed by atoms with E-state index in [1.165, 1.54) is 14.2 Å². The lowest BCUT2D eigenvalue weighted by atomic mass is 10.2. The van der Waals surface area contributed by atoms with E-state index in [9.17, 15) is 14.4 Å². The van der Waals surface area contributed by atoms with Crippen LogP contribution in [0.5, 0.6) is 11.5 Å². The minimum absolute atomic E-state index is 0.205. The van der Waals surface area contributed by atoms with Crippen molar-refractivity contribution in [1.29, 1.82) is 0 Å². The van der Waals surface area contributed by atoms with Crippen LogP contribution in [0.3, 0.4) is 0 Å². The fourth-order valence-electron chi connectivity index (χ4n) is 1.75. The zero-order valence-corrected chi connectivity index (χ0v) is 14.4. The first kappa shape index (κ1) is 20.0. The van der Waals surface area contributed by atoms with Crippen LogP contribution in [0.2, 0.25) is 0 Å². The smallest absolute Gasteiger partial charge is 0.331 e. The molecule has 8 heteroatoms. The van der Waals surface area contributed by atoms with E-state index in [0.717, 1.165) is 17.7 Å². The highest BCUT2D eigenvalue weighted by Crippen LogP contribution is 2.27. The van der Waals surface area contributed by atoms with Crippen molar-refractivity contribution < 1.29 is 33.3 Å². The molecule has 0 bridgehead atoms. The lowest BCUT2D eigenvalue weighted by Crippen LogP contribution is -2.28. The van der Waals surface area contributed by atoms with Gasteiger partial charge in [0.05, 0.1) is 20.8 Å². The number of carbonyl (C=O) groups excluding carboxylic acids is 3. The molecule has 0 heterocycles. The molecule has 1 aromatic rings. The summed E-state index contributed by atoms with van der Waals surface area (Å²) in [6, 6.07) is 5.23. The number of amides is 1. The Hall–Kier alpha value is -3.03. The molecule has 0 aliphatic heterocycles. The molecule has 8 nitrogen and oxygen atoms in total. The van der Waals surface area contributed by atoms with Gasteiger partial charge in [0.2, 0.25) is 0 Å². The molecule has 0 aliphatic rings. The summed E-state index contributed by atoms with van der Waals surface area (Å²) in [4.78, 5) is 34.1. The van der Waals surface area contributed by atoms with Crippen molar-refractivity contribution in [2.45, 2.75) is 13.5 Å². The molecule has 25 heavy (non-hydrogen) atoms. The summed E-state index contributed by atoms with van der Waals surface area (Å²) in [5, 5.41) is 2.60. The van der Waals surface area contributed by atoms with Crippen LogP contribution in [0.1, 0.15) is 12.5 Å². The molecule has 136 valence electrons. The first-order valence-corrected chi connectivity index (χ1v) is 7.49. The van der Waals surface area contributed by atoms with Gasteiger partial charge in [-0.2, -0.15) is 0 Å². The molecule has 0 radical (unpaired) electrons. The summed E-state index contributed by atoms with van der Waals surface area (Å²) >= 11 is 0. The van der Waals surface area contributed by atoms with E-state index in [0.29, 0.717) is 11.5 Å². The number of ether oxygens (including phenoxy) is 4. The van der Waals surface area contributed by atoms with Crippen LogP contribution in [-0.4, -0.2) is 45.3 Å². The summed E-state index contributed by atoms with van der Waals surface area (Å²) in [7, 11) is 3.05. The third-order valence-corrected chi connectivity index (χ3v) is 2.93. The first-order valence-electron chi connectivity index (χ1n) is 7.49. The van der Waals surface area contributed by atoms with Gasteiger partial charge in [-0.25, -0.2) is 9.59 Å². The highest BCUT2D eigenvalue weighted by Gasteiger charge is 2.08. The molecule has 1 rings (SSSR count). The van der Waals surface area contributed by atoms with Crippen molar-refractivity contribution in [2.75, 3.05) is 27.4 Å². The minimum atomic E-state index is -0.811. The van der Waals surface area contributed by atoms with Crippen molar-refractivity contribution in [3.8, 4) is 11.5 Å². The molecule has 0 saturated heterocycles. The second kappa shape index (κ2) is 10.7. The van der Waals surface area contributed by atoms with E-state index in [4.69, 9.17) is 14.2 Å². The fourth-order valence-corrected chi connectivity index (χ4v) is 1.75. The van der Waals surface area contributed by atoms with Gasteiger partial charge in [-0.3, -0.25) is 4.79 Å². The maximum atomic E-state index is 11.7. The lowest BCUT2D eigenvalue weighted by molar-refractivity contribution is -0.144. The standard InChI is InChI=1S/C17H21NO7/c1-4-24-16(20)7-8-17(21)25-11-15(19)18-10-12-5-6-13(22-2)14(9-12)23-3/h5-9H,4,10-11H2,1-3H3,(H,18,19)/b8-7+. The topological polar surface area (TPSA) is 100 Å². The monoisotopic (exact) mass is 351 g/mol. The van der Waals surface area contributed by atoms with E-state index in [-0.39, 0.29) is 13.2 Å². The van der Waals surface area contributed by atoms with Crippen LogP contribution in [0.25, 0.3) is 0 Å². The number of rotatable bonds is 9. The normalized spacial score (nSPS) is 10.2. The summed E-state index contributed by atoms with van der Waals surface area (Å²) in [6.45, 7) is 1.62. The zero-order chi connectivity index (χ0) is 18.7. The SMILES string of the molecule is CCOC(=O)/C=C/C(=O)OCC(=O)NCc1ccc(OC)c(OC)c1. The van der Waals surface area contributed by atoms with Crippen molar-refractivity contribution >= 4 is 17.8 Å². The van der Waals surface area contributed by atoms with E-state index in [1.807, 2.05) is 0 Å². The van der Waals surface area contributed by atoms with Gasteiger partial charge in [0, 0.05) is 18.7 Å². The third kappa shape index (κ3) is 7.38. The average molecular weight is 351 g/mol. The Morgan fingerprint density at radius 2 is 1.64 bits per heavy atom. The quantitative estimate of drug-likeness (QED) is 0.523. The Balaban J connectivity index is 2.40. The number of hydrogen-bond donors (Lipinski definition) is 1. The number of hydrogen-bond acceptors (Lipinski definition) is 7. The van der Waals surface area contributed by atoms with Crippen LogP contribution in [-0.2, 0) is 30.4 Å². The van der Waals surface area contributed by atoms with Gasteiger partial charge in [-0.05, 0) is 24.6 Å². The Kier molecular flexibility index (Phi) is 8.56. The van der Waals surface area contributed by atoms with E-state index in [1.54, 1.807) is 25.1 Å². The number of carbonyl (C=O) groups is 3. The van der Waals surface area contributed by atoms with Gasteiger partial charge < -0.3 is 24.3 Å². The molecule has 0 saturated carbocycles. The van der Waals surface area contributed by atoms with Crippen molar-refractivity contribution in [2.24, 2.45) is 0 Å². The highest BCUT2D eigenvalue weighted by molar-refractivity contribution is 5.92. The molecule has 1 amide bonds. The predicted octanol–water partition coefficient (Wildman–Crippen LogP) is 0.982. The predicted molar refractivity (Wildman–Crippen MR) is 88.1 cm³/mol. The van der Waals surface area contributed by atoms with Crippen molar-refractivity contribution in [3.63, 3.8) is 0 Å². The second-order valence-electron chi connectivity index (χ2n) is 4.66. The first-order chi connectivity index (χ1) is 12.0. The molecule has 0 aliphatic carbocycles. The molecular weight excluding hydrogens is 330 g/mol. The maximum absolute atomic E-state index is 11.7. The number of esters is 2. The van der Waals surface area contributed by atoms with E-state index < -0.39 is 24.5 Å². The van der Waals surface area contributed by atoms with Crippen LogP contribution in [0.15, 0.2) is 30.4 Å². The molecule has 0 spiro atoms. The number of benzene rings is 1. The zero-order valence-electron chi connectivity index (χ0n) is 14.4. The van der Waals surface area contributed by atoms with Gasteiger partial charge in [0.1, 0.15) is 0 Å². The highest BCUT2D eigenvalue weighted by atomic mass is 16.5. The third-order valence-electron chi connectivity index (χ3n) is 2.93. The van der Waals surface area contributed by atoms with Crippen LogP contribution < -0.4 is 14.8 Å². The second-order valence-corrected chi connectivity index (χ2v) is 4.66. The minimum Gasteiger partial charge on any atom is -0.493 e. The van der Waals surface area contributed by atoms with Gasteiger partial charge in [-0.1, -0.05) is 6.07 Å². The molecule has 0 unspecified atom stereocenters. The average Bonchev–Trinajstić information content (AvgIpc) is 2.62. The molecule has 0 atom stereocenters. The largest absolute Gasteiger partial charge is 0.493 e. The molecule has 0 fully saturated rings. The Morgan fingerprint density at radius 1 is 1.00 bits per heavy atom. The number of methoxy groups -OCH3 is 2. The van der Waals surface area contributed by atoms with Crippen LogP contribution in [0.4, 0.5) is 0 Å². The van der Waals surface area contributed by atoms with Gasteiger partial charge in [0.25, 0.3) is 5.91 Å². The summed E-state index contributed by atoms with van der Waals surface area (Å²) < 4.78 is 19.6. The summed E-state index contributed by atoms with van der Waals surface area (Å²) in [5.41, 5.74) is 0.791. The van der Waals surface area contributed by atoms with Gasteiger partial charge >= 0.3 is 11.9 Å². The summed E-state index contributed by atoms with van der Waals surface area (Å²) in [5.74, 6) is -0.816. The number of nitrogens with one attached hydrogen (secondary N) is 1. The fraction of sp³-hybridized carbons (Fsp3) is 0.353. The molecule has 1 N–H and O–H groups in total. The van der Waals surface area contributed by atoms with Crippen molar-refractivity contribution in [3.05, 3.63) is 35.9 Å². The van der Waals surface area contributed by atoms with Crippen molar-refractivity contribution in [1.82, 2.24) is 5.32 Å².